The van der Waals surface area contributed by atoms with Crippen LogP contribution in [0.3, 0.4) is 0 Å². The number of aryl methyl sites for hydroxylation is 1. The van der Waals surface area contributed by atoms with Gasteiger partial charge in [0.2, 0.25) is 0 Å². The number of Topliss-reactive ketones (excluding diaryl/α,β-unsaturated/α-hetero) is 1. The van der Waals surface area contributed by atoms with Crippen LogP contribution in [0.1, 0.15) is 15.2 Å². The average molecular weight is 439 g/mol. The van der Waals surface area contributed by atoms with Crippen molar-refractivity contribution in [3.8, 4) is 11.1 Å². The fraction of sp³-hybridized carbons (Fsp3) is 0.0952. The topological polar surface area (TPSA) is 52.0 Å². The predicted octanol–water partition coefficient (Wildman–Crippen LogP) is 5.08. The number of carbonyl (C=O) groups is 1. The van der Waals surface area contributed by atoms with Crippen LogP contribution in [-0.4, -0.2) is 15.3 Å². The van der Waals surface area contributed by atoms with Gasteiger partial charge in [-0.1, -0.05) is 58.4 Å². The van der Waals surface area contributed by atoms with Gasteiger partial charge in [-0.3, -0.25) is 14.2 Å². The van der Waals surface area contributed by atoms with Gasteiger partial charge in [0.05, 0.1) is 18.3 Å². The second-order valence-corrected chi connectivity index (χ2v) is 8.31. The maximum atomic E-state index is 13.1. The van der Waals surface area contributed by atoms with Crippen LogP contribution >= 0.6 is 27.3 Å². The Morgan fingerprint density at radius 3 is 2.52 bits per heavy atom. The Kier molecular flexibility index (Phi) is 4.76. The first-order chi connectivity index (χ1) is 13.0. The van der Waals surface area contributed by atoms with Gasteiger partial charge in [-0.2, -0.15) is 0 Å². The van der Waals surface area contributed by atoms with Crippen LogP contribution in [0.2, 0.25) is 0 Å². The molecule has 0 bridgehead atoms. The van der Waals surface area contributed by atoms with Crippen molar-refractivity contribution in [3.05, 3.63) is 86.2 Å². The molecular weight excluding hydrogens is 424 g/mol. The molecule has 6 heteroatoms. The van der Waals surface area contributed by atoms with Crippen LogP contribution < -0.4 is 5.56 Å². The summed E-state index contributed by atoms with van der Waals surface area (Å²) in [6.07, 6.45) is 1.46. The molecule has 0 fully saturated rings. The highest BCUT2D eigenvalue weighted by Gasteiger charge is 2.18. The van der Waals surface area contributed by atoms with Crippen molar-refractivity contribution in [2.45, 2.75) is 13.5 Å². The maximum Gasteiger partial charge on any atom is 0.263 e. The van der Waals surface area contributed by atoms with Crippen LogP contribution in [0.5, 0.6) is 0 Å². The number of ketones is 1. The van der Waals surface area contributed by atoms with E-state index in [0.29, 0.717) is 15.8 Å². The Bertz CT molecular complexity index is 1190. The Morgan fingerprint density at radius 2 is 1.81 bits per heavy atom. The Balaban J connectivity index is 1.79. The normalized spacial score (nSPS) is 11.0. The molecule has 2 aromatic heterocycles. The lowest BCUT2D eigenvalue weighted by Crippen LogP contribution is -2.24. The molecule has 0 saturated carbocycles. The lowest BCUT2D eigenvalue weighted by Gasteiger charge is -2.06. The molecule has 134 valence electrons. The SMILES string of the molecule is Cc1sc2ncn(CC(=O)c3ccc(Br)cc3)c(=O)c2c1-c1ccccc1. The summed E-state index contributed by atoms with van der Waals surface area (Å²) in [5.74, 6) is -0.126. The van der Waals surface area contributed by atoms with E-state index in [-0.39, 0.29) is 17.9 Å². The van der Waals surface area contributed by atoms with E-state index in [1.807, 2.05) is 49.4 Å². The fourth-order valence-corrected chi connectivity index (χ4v) is 4.35. The predicted molar refractivity (Wildman–Crippen MR) is 113 cm³/mol. The number of hydrogen-bond donors (Lipinski definition) is 0. The molecule has 0 aliphatic rings. The highest BCUT2D eigenvalue weighted by Crippen LogP contribution is 2.35. The molecular formula is C21H15BrN2O2S. The van der Waals surface area contributed by atoms with E-state index >= 15 is 0 Å². The molecule has 0 radical (unpaired) electrons. The number of fused-ring (bicyclic) bond motifs is 1. The molecule has 0 spiro atoms. The Hall–Kier alpha value is -2.57. The molecule has 2 heterocycles. The smallest absolute Gasteiger partial charge is 0.263 e. The van der Waals surface area contributed by atoms with Crippen LogP contribution in [0.4, 0.5) is 0 Å². The summed E-state index contributed by atoms with van der Waals surface area (Å²) in [7, 11) is 0. The third kappa shape index (κ3) is 3.38. The van der Waals surface area contributed by atoms with E-state index in [2.05, 4.69) is 20.9 Å². The first-order valence-electron chi connectivity index (χ1n) is 8.37. The molecule has 0 amide bonds. The second kappa shape index (κ2) is 7.21. The molecule has 4 rings (SSSR count). The molecule has 27 heavy (non-hydrogen) atoms. The fourth-order valence-electron chi connectivity index (χ4n) is 3.08. The lowest BCUT2D eigenvalue weighted by atomic mass is 10.0. The van der Waals surface area contributed by atoms with E-state index in [1.54, 1.807) is 12.1 Å². The molecule has 0 N–H and O–H groups in total. The number of carbonyl (C=O) groups excluding carboxylic acids is 1. The third-order valence-electron chi connectivity index (χ3n) is 4.40. The van der Waals surface area contributed by atoms with E-state index in [9.17, 15) is 9.59 Å². The number of rotatable bonds is 4. The highest BCUT2D eigenvalue weighted by molar-refractivity contribution is 9.10. The van der Waals surface area contributed by atoms with Gasteiger partial charge in [0, 0.05) is 20.5 Å². The molecule has 0 atom stereocenters. The minimum absolute atomic E-state index is 0.0352. The van der Waals surface area contributed by atoms with Crippen molar-refractivity contribution < 1.29 is 4.79 Å². The number of thiophene rings is 1. The van der Waals surface area contributed by atoms with Gasteiger partial charge < -0.3 is 0 Å². The van der Waals surface area contributed by atoms with Gasteiger partial charge in [0.25, 0.3) is 5.56 Å². The van der Waals surface area contributed by atoms with Gasteiger partial charge in [-0.15, -0.1) is 11.3 Å². The maximum absolute atomic E-state index is 13.1. The van der Waals surface area contributed by atoms with Gasteiger partial charge in [-0.25, -0.2) is 4.98 Å². The minimum Gasteiger partial charge on any atom is -0.292 e. The van der Waals surface area contributed by atoms with Crippen molar-refractivity contribution in [1.82, 2.24) is 9.55 Å². The number of aromatic nitrogens is 2. The zero-order valence-electron chi connectivity index (χ0n) is 14.5. The van der Waals surface area contributed by atoms with Crippen LogP contribution in [-0.2, 0) is 6.54 Å². The molecule has 4 aromatic rings. The standard InChI is InChI=1S/C21H15BrN2O2S/c1-13-18(15-5-3-2-4-6-15)19-20(27-13)23-12-24(21(19)26)11-17(25)14-7-9-16(22)10-8-14/h2-10,12H,11H2,1H3. The highest BCUT2D eigenvalue weighted by atomic mass is 79.9. The summed E-state index contributed by atoms with van der Waals surface area (Å²) in [5.41, 5.74) is 2.26. The molecule has 0 aliphatic carbocycles. The van der Waals surface area contributed by atoms with Crippen molar-refractivity contribution in [2.24, 2.45) is 0 Å². The third-order valence-corrected chi connectivity index (χ3v) is 5.94. The van der Waals surface area contributed by atoms with Gasteiger partial charge >= 0.3 is 0 Å². The number of nitrogens with zero attached hydrogens (tertiary/aromatic N) is 2. The minimum atomic E-state index is -0.186. The first kappa shape index (κ1) is 17.8. The summed E-state index contributed by atoms with van der Waals surface area (Å²) in [6, 6.07) is 16.9. The quantitative estimate of drug-likeness (QED) is 0.417. The van der Waals surface area contributed by atoms with Crippen LogP contribution in [0.15, 0.2) is 70.2 Å². The van der Waals surface area contributed by atoms with Crippen LogP contribution in [0.25, 0.3) is 21.3 Å². The van der Waals surface area contributed by atoms with Gasteiger partial charge in [-0.05, 0) is 24.6 Å². The van der Waals surface area contributed by atoms with E-state index in [4.69, 9.17) is 0 Å². The average Bonchev–Trinajstić information content (AvgIpc) is 3.02. The number of halogens is 1. The summed E-state index contributed by atoms with van der Waals surface area (Å²) in [6.45, 7) is 1.96. The van der Waals surface area contributed by atoms with E-state index < -0.39 is 0 Å². The van der Waals surface area contributed by atoms with Gasteiger partial charge in [0.1, 0.15) is 4.83 Å². The Labute approximate surface area is 168 Å². The van der Waals surface area contributed by atoms with Crippen molar-refractivity contribution >= 4 is 43.3 Å². The summed E-state index contributed by atoms with van der Waals surface area (Å²) in [5, 5.41) is 0.579. The largest absolute Gasteiger partial charge is 0.292 e. The summed E-state index contributed by atoms with van der Waals surface area (Å²) < 4.78 is 2.30. The molecule has 2 aromatic carbocycles. The number of benzene rings is 2. The molecule has 0 aliphatic heterocycles. The number of hydrogen-bond acceptors (Lipinski definition) is 4. The first-order valence-corrected chi connectivity index (χ1v) is 9.98. The van der Waals surface area contributed by atoms with Crippen molar-refractivity contribution in [3.63, 3.8) is 0 Å². The van der Waals surface area contributed by atoms with Crippen molar-refractivity contribution in [1.29, 1.82) is 0 Å². The van der Waals surface area contributed by atoms with Crippen LogP contribution in [0, 0.1) is 6.92 Å². The van der Waals surface area contributed by atoms with E-state index in [1.165, 1.54) is 22.2 Å². The lowest BCUT2D eigenvalue weighted by molar-refractivity contribution is 0.0970. The summed E-state index contributed by atoms with van der Waals surface area (Å²) >= 11 is 4.86. The molecule has 0 saturated heterocycles. The second-order valence-electron chi connectivity index (χ2n) is 6.19. The van der Waals surface area contributed by atoms with E-state index in [0.717, 1.165) is 20.5 Å². The zero-order valence-corrected chi connectivity index (χ0v) is 16.9. The van der Waals surface area contributed by atoms with Gasteiger partial charge in [0.15, 0.2) is 5.78 Å². The molecule has 0 unspecified atom stereocenters. The zero-order chi connectivity index (χ0) is 19.0. The Morgan fingerprint density at radius 1 is 1.11 bits per heavy atom. The van der Waals surface area contributed by atoms with Crippen molar-refractivity contribution in [2.75, 3.05) is 0 Å². The molecule has 4 nitrogen and oxygen atoms in total. The monoisotopic (exact) mass is 438 g/mol. The summed E-state index contributed by atoms with van der Waals surface area (Å²) in [4.78, 5) is 31.9.